The summed E-state index contributed by atoms with van der Waals surface area (Å²) in [5.41, 5.74) is 1.23. The van der Waals surface area contributed by atoms with Crippen molar-refractivity contribution in [3.05, 3.63) is 82.8 Å². The van der Waals surface area contributed by atoms with E-state index in [2.05, 4.69) is 15.3 Å². The first kappa shape index (κ1) is 20.4. The predicted octanol–water partition coefficient (Wildman–Crippen LogP) is 2.64. The molecule has 4 rings (SSSR count). The molecule has 1 aromatic heterocycles. The Morgan fingerprint density at radius 1 is 1.10 bits per heavy atom. The van der Waals surface area contributed by atoms with Gasteiger partial charge in [0.25, 0.3) is 5.91 Å². The number of carbonyl (C=O) groups excluding carboxylic acids is 3. The second-order valence-electron chi connectivity index (χ2n) is 7.22. The van der Waals surface area contributed by atoms with Crippen molar-refractivity contribution < 1.29 is 23.2 Å². The first-order chi connectivity index (χ1) is 14.8. The van der Waals surface area contributed by atoms with Gasteiger partial charge in [-0.3, -0.25) is 19.3 Å². The quantitative estimate of drug-likeness (QED) is 0.616. The molecule has 158 valence electrons. The van der Waals surface area contributed by atoms with E-state index in [0.29, 0.717) is 5.56 Å². The lowest BCUT2D eigenvalue weighted by Crippen LogP contribution is -2.43. The monoisotopic (exact) mass is 424 g/mol. The van der Waals surface area contributed by atoms with E-state index in [4.69, 9.17) is 0 Å². The van der Waals surface area contributed by atoms with Crippen molar-refractivity contribution in [2.45, 2.75) is 13.0 Å². The third-order valence-corrected chi connectivity index (χ3v) is 5.13. The largest absolute Gasteiger partial charge is 0.345 e. The van der Waals surface area contributed by atoms with E-state index in [1.54, 1.807) is 0 Å². The van der Waals surface area contributed by atoms with Crippen LogP contribution in [0.2, 0.25) is 0 Å². The van der Waals surface area contributed by atoms with Crippen molar-refractivity contribution in [2.75, 3.05) is 11.9 Å². The fourth-order valence-corrected chi connectivity index (χ4v) is 3.45. The molecular weight excluding hydrogens is 406 g/mol. The Kier molecular flexibility index (Phi) is 5.33. The van der Waals surface area contributed by atoms with Gasteiger partial charge in [0.05, 0.1) is 0 Å². The second-order valence-corrected chi connectivity index (χ2v) is 7.22. The maximum atomic E-state index is 13.5. The number of hydrogen-bond acceptors (Lipinski definition) is 4. The Balaban J connectivity index is 1.54. The number of anilines is 1. The number of carbonyl (C=O) groups is 3. The molecule has 2 aromatic carbocycles. The molecule has 1 aliphatic rings. The normalized spacial score (nSPS) is 15.7. The van der Waals surface area contributed by atoms with Crippen molar-refractivity contribution >= 4 is 23.4 Å². The van der Waals surface area contributed by atoms with Crippen molar-refractivity contribution in [3.63, 3.8) is 0 Å². The molecule has 2 amide bonds. The Morgan fingerprint density at radius 3 is 2.55 bits per heavy atom. The number of nitrogens with one attached hydrogen (secondary N) is 2. The van der Waals surface area contributed by atoms with Crippen LogP contribution in [-0.4, -0.2) is 34.6 Å². The van der Waals surface area contributed by atoms with Crippen molar-refractivity contribution in [3.8, 4) is 0 Å². The van der Waals surface area contributed by atoms with Crippen LogP contribution in [0.4, 0.5) is 14.6 Å². The molecule has 1 aliphatic heterocycles. The standard InChI is InChI=1S/C22H18F2N4O3/c1-28-20-17(26-19(27-20)21(30)25-11-12-5-3-2-4-6-12)18(29)14(22(28)31)9-13-7-8-15(23)16(24)10-13/h2-8,10,14H,9,11H2,1H3,(H,25,30)(H,26,27). The van der Waals surface area contributed by atoms with Crippen LogP contribution in [0.5, 0.6) is 0 Å². The van der Waals surface area contributed by atoms with Crippen LogP contribution in [-0.2, 0) is 17.8 Å². The minimum atomic E-state index is -1.14. The van der Waals surface area contributed by atoms with Gasteiger partial charge in [-0.05, 0) is 29.7 Å². The highest BCUT2D eigenvalue weighted by molar-refractivity contribution is 6.20. The molecule has 31 heavy (non-hydrogen) atoms. The number of imidazole rings is 1. The number of amides is 2. The lowest BCUT2D eigenvalue weighted by Gasteiger charge is -2.26. The molecular formula is C22H18F2N4O3. The third kappa shape index (κ3) is 3.94. The molecule has 0 saturated heterocycles. The van der Waals surface area contributed by atoms with Gasteiger partial charge in [-0.2, -0.15) is 0 Å². The van der Waals surface area contributed by atoms with Crippen LogP contribution in [0.25, 0.3) is 0 Å². The number of Topliss-reactive ketones (excluding diaryl/α,β-unsaturated/α-hetero) is 1. The maximum absolute atomic E-state index is 13.5. The molecule has 0 aliphatic carbocycles. The molecule has 0 spiro atoms. The zero-order chi connectivity index (χ0) is 22.1. The number of fused-ring (bicyclic) bond motifs is 1. The summed E-state index contributed by atoms with van der Waals surface area (Å²) in [5, 5.41) is 2.70. The van der Waals surface area contributed by atoms with Gasteiger partial charge in [0.1, 0.15) is 11.6 Å². The zero-order valence-electron chi connectivity index (χ0n) is 16.5. The van der Waals surface area contributed by atoms with Gasteiger partial charge < -0.3 is 10.3 Å². The summed E-state index contributed by atoms with van der Waals surface area (Å²) in [7, 11) is 1.44. The van der Waals surface area contributed by atoms with Crippen molar-refractivity contribution in [1.82, 2.24) is 15.3 Å². The summed E-state index contributed by atoms with van der Waals surface area (Å²) in [6.07, 6.45) is -0.104. The van der Waals surface area contributed by atoms with Crippen LogP contribution in [0.3, 0.4) is 0 Å². The molecule has 2 N–H and O–H groups in total. The van der Waals surface area contributed by atoms with E-state index in [-0.39, 0.29) is 30.3 Å². The lowest BCUT2D eigenvalue weighted by molar-refractivity contribution is -0.121. The average Bonchev–Trinajstić information content (AvgIpc) is 3.23. The van der Waals surface area contributed by atoms with E-state index in [0.717, 1.165) is 17.7 Å². The topological polar surface area (TPSA) is 95.2 Å². The minimum Gasteiger partial charge on any atom is -0.345 e. The van der Waals surface area contributed by atoms with Crippen LogP contribution < -0.4 is 10.2 Å². The van der Waals surface area contributed by atoms with Crippen LogP contribution >= 0.6 is 0 Å². The number of nitrogens with zero attached hydrogens (tertiary/aromatic N) is 2. The van der Waals surface area contributed by atoms with Crippen molar-refractivity contribution in [2.24, 2.45) is 5.92 Å². The number of rotatable bonds is 5. The van der Waals surface area contributed by atoms with Gasteiger partial charge in [-0.15, -0.1) is 0 Å². The van der Waals surface area contributed by atoms with Gasteiger partial charge in [0.2, 0.25) is 5.91 Å². The highest BCUT2D eigenvalue weighted by atomic mass is 19.2. The number of aromatic nitrogens is 2. The van der Waals surface area contributed by atoms with Crippen LogP contribution in [0.1, 0.15) is 32.2 Å². The molecule has 0 bridgehead atoms. The van der Waals surface area contributed by atoms with Gasteiger partial charge in [0, 0.05) is 13.6 Å². The molecule has 7 nitrogen and oxygen atoms in total. The number of aromatic amines is 1. The summed E-state index contributed by atoms with van der Waals surface area (Å²) in [6.45, 7) is 0.270. The number of ketones is 1. The number of H-pyrrole nitrogens is 1. The fraction of sp³-hybridized carbons (Fsp3) is 0.182. The summed E-state index contributed by atoms with van der Waals surface area (Å²) in [4.78, 5) is 46.1. The summed E-state index contributed by atoms with van der Waals surface area (Å²) in [5.74, 6) is -4.86. The highest BCUT2D eigenvalue weighted by Crippen LogP contribution is 2.30. The maximum Gasteiger partial charge on any atom is 0.287 e. The lowest BCUT2D eigenvalue weighted by atomic mass is 9.89. The summed E-state index contributed by atoms with van der Waals surface area (Å²) in [6, 6.07) is 12.5. The van der Waals surface area contributed by atoms with Gasteiger partial charge >= 0.3 is 0 Å². The van der Waals surface area contributed by atoms with E-state index >= 15 is 0 Å². The molecule has 1 atom stereocenters. The molecule has 3 aromatic rings. The van der Waals surface area contributed by atoms with Gasteiger partial charge in [-0.25, -0.2) is 13.8 Å². The molecule has 1 unspecified atom stereocenters. The molecule has 0 fully saturated rings. The van der Waals surface area contributed by atoms with Crippen LogP contribution in [0, 0.1) is 17.6 Å². The number of hydrogen-bond donors (Lipinski definition) is 2. The minimum absolute atomic E-state index is 0.0274. The Labute approximate surface area is 176 Å². The molecule has 2 heterocycles. The molecule has 0 radical (unpaired) electrons. The second kappa shape index (κ2) is 8.10. The zero-order valence-corrected chi connectivity index (χ0v) is 16.5. The molecule has 9 heteroatoms. The number of benzene rings is 2. The van der Waals surface area contributed by atoms with Gasteiger partial charge in [0.15, 0.2) is 29.1 Å². The summed E-state index contributed by atoms with van der Waals surface area (Å²) < 4.78 is 26.7. The molecule has 0 saturated carbocycles. The van der Waals surface area contributed by atoms with E-state index < -0.39 is 35.1 Å². The predicted molar refractivity (Wildman–Crippen MR) is 107 cm³/mol. The fourth-order valence-electron chi connectivity index (χ4n) is 3.45. The Hall–Kier alpha value is -3.88. The number of halogens is 2. The SMILES string of the molecule is CN1C(=O)C(Cc2ccc(F)c(F)c2)C(=O)c2[nH]c(C(=O)NCc3ccccc3)nc21. The first-order valence-electron chi connectivity index (χ1n) is 9.53. The Morgan fingerprint density at radius 2 is 1.84 bits per heavy atom. The van der Waals surface area contributed by atoms with E-state index in [1.165, 1.54) is 18.0 Å². The van der Waals surface area contributed by atoms with Gasteiger partial charge in [-0.1, -0.05) is 36.4 Å². The smallest absolute Gasteiger partial charge is 0.287 e. The first-order valence-corrected chi connectivity index (χ1v) is 9.53. The van der Waals surface area contributed by atoms with E-state index in [1.807, 2.05) is 30.3 Å². The Bertz CT molecular complexity index is 1180. The van der Waals surface area contributed by atoms with Crippen LogP contribution in [0.15, 0.2) is 48.5 Å². The highest BCUT2D eigenvalue weighted by Gasteiger charge is 2.41. The average molecular weight is 424 g/mol. The van der Waals surface area contributed by atoms with Crippen molar-refractivity contribution in [1.29, 1.82) is 0 Å². The third-order valence-electron chi connectivity index (χ3n) is 5.13. The van der Waals surface area contributed by atoms with E-state index in [9.17, 15) is 23.2 Å². The summed E-state index contributed by atoms with van der Waals surface area (Å²) >= 11 is 0.